The molecule has 14 heavy (non-hydrogen) atoms. The van der Waals surface area contributed by atoms with Crippen LogP contribution in [-0.2, 0) is 12.6 Å². The van der Waals surface area contributed by atoms with E-state index in [0.29, 0.717) is 12.0 Å². The Morgan fingerprint density at radius 2 is 2.00 bits per heavy atom. The Labute approximate surface area is 80.7 Å². The molecule has 0 heterocycles. The van der Waals surface area contributed by atoms with Crippen molar-refractivity contribution in [2.75, 3.05) is 0 Å². The van der Waals surface area contributed by atoms with E-state index in [1.165, 1.54) is 6.07 Å². The van der Waals surface area contributed by atoms with E-state index in [-0.39, 0.29) is 6.04 Å². The Balaban J connectivity index is 2.90. The maximum Gasteiger partial charge on any atom is 0.416 e. The van der Waals surface area contributed by atoms with Crippen molar-refractivity contribution >= 4 is 0 Å². The first-order chi connectivity index (χ1) is 6.39. The zero-order chi connectivity index (χ0) is 10.8. The van der Waals surface area contributed by atoms with E-state index in [4.69, 9.17) is 5.73 Å². The quantitative estimate of drug-likeness (QED) is 0.698. The van der Waals surface area contributed by atoms with Gasteiger partial charge in [-0.25, -0.2) is 0 Å². The third-order valence-corrected chi connectivity index (χ3v) is 1.80. The van der Waals surface area contributed by atoms with Gasteiger partial charge in [0.2, 0.25) is 0 Å². The maximum atomic E-state index is 12.3. The van der Waals surface area contributed by atoms with Crippen molar-refractivity contribution in [3.8, 4) is 0 Å². The van der Waals surface area contributed by atoms with Crippen molar-refractivity contribution in [3.63, 3.8) is 0 Å². The molecule has 78 valence electrons. The third-order valence-electron chi connectivity index (χ3n) is 1.80. The fourth-order valence-electron chi connectivity index (χ4n) is 1.23. The molecule has 0 saturated heterocycles. The van der Waals surface area contributed by atoms with Gasteiger partial charge in [0.25, 0.3) is 0 Å². The van der Waals surface area contributed by atoms with Crippen LogP contribution in [0.3, 0.4) is 0 Å². The molecule has 0 saturated carbocycles. The molecule has 1 nitrogen and oxygen atoms in total. The van der Waals surface area contributed by atoms with Crippen LogP contribution in [0.1, 0.15) is 18.1 Å². The number of rotatable bonds is 2. The summed E-state index contributed by atoms with van der Waals surface area (Å²) in [6.45, 7) is 1.65. The van der Waals surface area contributed by atoms with Crippen LogP contribution < -0.4 is 0 Å². The van der Waals surface area contributed by atoms with E-state index in [0.717, 1.165) is 12.1 Å². The van der Waals surface area contributed by atoms with Crippen LogP contribution in [0.15, 0.2) is 24.3 Å². The van der Waals surface area contributed by atoms with Crippen molar-refractivity contribution in [1.82, 2.24) is 0 Å². The summed E-state index contributed by atoms with van der Waals surface area (Å²) in [5.41, 5.74) is 7.18. The molecule has 0 aliphatic carbocycles. The Morgan fingerprint density at radius 3 is 2.50 bits per heavy atom. The van der Waals surface area contributed by atoms with E-state index in [2.05, 4.69) is 0 Å². The second-order valence-corrected chi connectivity index (χ2v) is 3.30. The highest BCUT2D eigenvalue weighted by Crippen LogP contribution is 2.29. The van der Waals surface area contributed by atoms with E-state index >= 15 is 0 Å². The molecule has 1 unspecified atom stereocenters. The number of alkyl halides is 3. The van der Waals surface area contributed by atoms with Crippen LogP contribution in [0.25, 0.3) is 5.73 Å². The van der Waals surface area contributed by atoms with Gasteiger partial charge in [0.05, 0.1) is 5.56 Å². The number of hydrogen-bond acceptors (Lipinski definition) is 0. The van der Waals surface area contributed by atoms with Crippen LogP contribution in [0.4, 0.5) is 13.2 Å². The highest BCUT2D eigenvalue weighted by atomic mass is 19.4. The minimum Gasteiger partial charge on any atom is -0.675 e. The van der Waals surface area contributed by atoms with E-state index in [9.17, 15) is 13.2 Å². The van der Waals surface area contributed by atoms with Gasteiger partial charge in [-0.05, 0) is 18.1 Å². The topological polar surface area (TPSA) is 23.8 Å². The van der Waals surface area contributed by atoms with Gasteiger partial charge < -0.3 is 5.73 Å². The van der Waals surface area contributed by atoms with Crippen molar-refractivity contribution in [2.45, 2.75) is 25.6 Å². The summed E-state index contributed by atoms with van der Waals surface area (Å²) < 4.78 is 36.8. The van der Waals surface area contributed by atoms with Crippen LogP contribution in [0.2, 0.25) is 0 Å². The zero-order valence-corrected chi connectivity index (χ0v) is 7.73. The second kappa shape index (κ2) is 4.00. The van der Waals surface area contributed by atoms with Gasteiger partial charge in [-0.3, -0.25) is 0 Å². The molecule has 1 aromatic rings. The molecule has 0 bridgehead atoms. The smallest absolute Gasteiger partial charge is 0.416 e. The van der Waals surface area contributed by atoms with Gasteiger partial charge in [-0.15, -0.1) is 6.04 Å². The first-order valence-electron chi connectivity index (χ1n) is 4.27. The molecule has 0 spiro atoms. The van der Waals surface area contributed by atoms with Gasteiger partial charge in [0.15, 0.2) is 0 Å². The van der Waals surface area contributed by atoms with Crippen molar-refractivity contribution in [3.05, 3.63) is 41.1 Å². The lowest BCUT2D eigenvalue weighted by atomic mass is 10.0. The molecule has 4 heteroatoms. The summed E-state index contributed by atoms with van der Waals surface area (Å²) in [5.74, 6) is 0. The normalized spacial score (nSPS) is 14.1. The summed E-state index contributed by atoms with van der Waals surface area (Å²) in [5, 5.41) is 0. The molecule has 0 aromatic heterocycles. The number of nitrogens with one attached hydrogen (secondary N) is 1. The fourth-order valence-corrected chi connectivity index (χ4v) is 1.23. The molecule has 0 amide bonds. The molecule has 1 aromatic carbocycles. The van der Waals surface area contributed by atoms with Crippen LogP contribution in [0.5, 0.6) is 0 Å². The second-order valence-electron chi connectivity index (χ2n) is 3.30. The Hall–Kier alpha value is -1.03. The Kier molecular flexibility index (Phi) is 3.16. The molecule has 0 radical (unpaired) electrons. The SMILES string of the molecule is CC([NH-])Cc1cccc(C(F)(F)F)c1. The van der Waals surface area contributed by atoms with Crippen molar-refractivity contribution < 1.29 is 13.2 Å². The molecular weight excluding hydrogens is 191 g/mol. The van der Waals surface area contributed by atoms with E-state index in [1.54, 1.807) is 13.0 Å². The Bertz CT molecular complexity index is 304. The minimum absolute atomic E-state index is 0.351. The molecule has 1 rings (SSSR count). The van der Waals surface area contributed by atoms with Gasteiger partial charge in [0.1, 0.15) is 0 Å². The van der Waals surface area contributed by atoms with Gasteiger partial charge in [0, 0.05) is 0 Å². The van der Waals surface area contributed by atoms with E-state index < -0.39 is 11.7 Å². The third kappa shape index (κ3) is 3.03. The van der Waals surface area contributed by atoms with Crippen LogP contribution >= 0.6 is 0 Å². The largest absolute Gasteiger partial charge is 0.675 e. The predicted octanol–water partition coefficient (Wildman–Crippen LogP) is 3.69. The molecule has 0 aliphatic heterocycles. The zero-order valence-electron chi connectivity index (χ0n) is 7.73. The lowest BCUT2D eigenvalue weighted by Crippen LogP contribution is -2.06. The predicted molar refractivity (Wildman–Crippen MR) is 48.9 cm³/mol. The molecule has 0 fully saturated rings. The minimum atomic E-state index is -4.29. The molecular formula is C10H11F3N-. The van der Waals surface area contributed by atoms with Crippen LogP contribution in [-0.4, -0.2) is 6.04 Å². The standard InChI is InChI=1S/C10H11F3N/c1-7(14)5-8-3-2-4-9(6-8)10(11,12)13/h2-4,6-7,14H,5H2,1H3/q-1. The molecule has 1 N–H and O–H groups in total. The maximum absolute atomic E-state index is 12.3. The Morgan fingerprint density at radius 1 is 1.36 bits per heavy atom. The molecule has 0 aliphatic rings. The monoisotopic (exact) mass is 202 g/mol. The number of hydrogen-bond donors (Lipinski definition) is 0. The summed E-state index contributed by atoms with van der Waals surface area (Å²) in [6.07, 6.45) is -3.94. The van der Waals surface area contributed by atoms with Gasteiger partial charge in [-0.1, -0.05) is 25.1 Å². The molecule has 1 atom stereocenters. The summed E-state index contributed by atoms with van der Waals surface area (Å²) >= 11 is 0. The first-order valence-corrected chi connectivity index (χ1v) is 4.27. The average Bonchev–Trinajstić information content (AvgIpc) is 2.01. The lowest BCUT2D eigenvalue weighted by Gasteiger charge is -2.14. The summed E-state index contributed by atoms with van der Waals surface area (Å²) in [7, 11) is 0. The van der Waals surface area contributed by atoms with Crippen LogP contribution in [0, 0.1) is 0 Å². The highest BCUT2D eigenvalue weighted by molar-refractivity contribution is 5.26. The van der Waals surface area contributed by atoms with E-state index in [1.807, 2.05) is 0 Å². The lowest BCUT2D eigenvalue weighted by molar-refractivity contribution is -0.137. The van der Waals surface area contributed by atoms with Gasteiger partial charge in [-0.2, -0.15) is 13.2 Å². The first kappa shape index (κ1) is 11.0. The summed E-state index contributed by atoms with van der Waals surface area (Å²) in [4.78, 5) is 0. The highest BCUT2D eigenvalue weighted by Gasteiger charge is 2.30. The number of benzene rings is 1. The number of halogens is 3. The fraction of sp³-hybridized carbons (Fsp3) is 0.400. The van der Waals surface area contributed by atoms with Gasteiger partial charge >= 0.3 is 6.18 Å². The van der Waals surface area contributed by atoms with Crippen molar-refractivity contribution in [1.29, 1.82) is 0 Å². The average molecular weight is 202 g/mol. The van der Waals surface area contributed by atoms with Crippen molar-refractivity contribution in [2.24, 2.45) is 0 Å². The summed E-state index contributed by atoms with van der Waals surface area (Å²) in [6, 6.07) is 4.75.